The SMILES string of the molecule is O=C(NCc1nccnc1Cl)C1CCC(CO)NC1. The molecule has 0 aliphatic carbocycles. The fraction of sp³-hybridized carbons (Fsp3) is 0.583. The maximum atomic E-state index is 12.0. The molecule has 0 bridgehead atoms. The smallest absolute Gasteiger partial charge is 0.224 e. The zero-order chi connectivity index (χ0) is 13.7. The minimum absolute atomic E-state index is 0.0226. The second kappa shape index (κ2) is 6.79. The molecule has 19 heavy (non-hydrogen) atoms. The summed E-state index contributed by atoms with van der Waals surface area (Å²) in [4.78, 5) is 19.9. The molecule has 1 fully saturated rings. The zero-order valence-electron chi connectivity index (χ0n) is 10.5. The maximum Gasteiger partial charge on any atom is 0.224 e. The Morgan fingerprint density at radius 2 is 2.26 bits per heavy atom. The lowest BCUT2D eigenvalue weighted by Gasteiger charge is -2.27. The predicted molar refractivity (Wildman–Crippen MR) is 70.5 cm³/mol. The van der Waals surface area contributed by atoms with Crippen LogP contribution in [-0.4, -0.2) is 40.2 Å². The van der Waals surface area contributed by atoms with Gasteiger partial charge in [0.1, 0.15) is 0 Å². The average molecular weight is 285 g/mol. The number of halogens is 1. The van der Waals surface area contributed by atoms with Crippen LogP contribution in [0.3, 0.4) is 0 Å². The molecule has 0 saturated carbocycles. The Labute approximate surface area is 116 Å². The highest BCUT2D eigenvalue weighted by Crippen LogP contribution is 2.15. The van der Waals surface area contributed by atoms with Crippen LogP contribution >= 0.6 is 11.6 Å². The summed E-state index contributed by atoms with van der Waals surface area (Å²) in [7, 11) is 0. The number of rotatable bonds is 4. The predicted octanol–water partition coefficient (Wildman–Crippen LogP) is 0.107. The van der Waals surface area contributed by atoms with Crippen molar-refractivity contribution < 1.29 is 9.90 Å². The summed E-state index contributed by atoms with van der Waals surface area (Å²) in [6, 6.07) is 0.110. The first-order valence-corrected chi connectivity index (χ1v) is 6.66. The number of nitrogens with one attached hydrogen (secondary N) is 2. The van der Waals surface area contributed by atoms with E-state index in [2.05, 4.69) is 20.6 Å². The number of carbonyl (C=O) groups excluding carboxylic acids is 1. The molecule has 2 atom stereocenters. The van der Waals surface area contributed by atoms with Crippen molar-refractivity contribution in [3.05, 3.63) is 23.2 Å². The van der Waals surface area contributed by atoms with Crippen LogP contribution in [0.15, 0.2) is 12.4 Å². The van der Waals surface area contributed by atoms with E-state index in [1.54, 1.807) is 6.20 Å². The number of aromatic nitrogens is 2. The molecule has 1 aliphatic rings. The van der Waals surface area contributed by atoms with E-state index < -0.39 is 0 Å². The summed E-state index contributed by atoms with van der Waals surface area (Å²) in [6.07, 6.45) is 4.63. The van der Waals surface area contributed by atoms with Gasteiger partial charge in [-0.05, 0) is 12.8 Å². The third-order valence-electron chi connectivity index (χ3n) is 3.26. The van der Waals surface area contributed by atoms with Gasteiger partial charge in [-0.2, -0.15) is 0 Å². The number of carbonyl (C=O) groups is 1. The quantitative estimate of drug-likeness (QED) is 0.730. The standard InChI is InChI=1S/C12H17ClN4O2/c13-11-10(14-3-4-15-11)6-17-12(19)8-1-2-9(7-18)16-5-8/h3-4,8-9,16,18H,1-2,5-7H2,(H,17,19). The van der Waals surface area contributed by atoms with Gasteiger partial charge in [-0.3, -0.25) is 9.78 Å². The summed E-state index contributed by atoms with van der Waals surface area (Å²) >= 11 is 5.87. The molecule has 1 aromatic rings. The molecule has 3 N–H and O–H groups in total. The van der Waals surface area contributed by atoms with E-state index in [4.69, 9.17) is 16.7 Å². The van der Waals surface area contributed by atoms with Gasteiger partial charge in [0.2, 0.25) is 5.91 Å². The highest BCUT2D eigenvalue weighted by molar-refractivity contribution is 6.29. The van der Waals surface area contributed by atoms with Crippen molar-refractivity contribution in [3.63, 3.8) is 0 Å². The average Bonchev–Trinajstić information content (AvgIpc) is 2.46. The monoisotopic (exact) mass is 284 g/mol. The minimum atomic E-state index is -0.0711. The summed E-state index contributed by atoms with van der Waals surface area (Å²) in [5, 5.41) is 15.3. The molecule has 0 radical (unpaired) electrons. The van der Waals surface area contributed by atoms with Crippen LogP contribution in [-0.2, 0) is 11.3 Å². The number of hydrogen-bond acceptors (Lipinski definition) is 5. The first-order chi connectivity index (χ1) is 9.20. The van der Waals surface area contributed by atoms with Crippen LogP contribution in [0.25, 0.3) is 0 Å². The van der Waals surface area contributed by atoms with Gasteiger partial charge in [-0.1, -0.05) is 11.6 Å². The third kappa shape index (κ3) is 3.86. The second-order valence-electron chi connectivity index (χ2n) is 4.57. The Hall–Kier alpha value is -1.24. The van der Waals surface area contributed by atoms with Crippen molar-refractivity contribution in [1.82, 2.24) is 20.6 Å². The van der Waals surface area contributed by atoms with Gasteiger partial charge in [-0.15, -0.1) is 0 Å². The topological polar surface area (TPSA) is 87.1 Å². The van der Waals surface area contributed by atoms with Crippen molar-refractivity contribution in [2.45, 2.75) is 25.4 Å². The Bertz CT molecular complexity index is 435. The number of hydrogen-bond donors (Lipinski definition) is 3. The van der Waals surface area contributed by atoms with Gasteiger partial charge in [0, 0.05) is 25.0 Å². The first-order valence-electron chi connectivity index (χ1n) is 6.28. The molecule has 6 nitrogen and oxygen atoms in total. The Balaban J connectivity index is 1.81. The molecule has 104 valence electrons. The van der Waals surface area contributed by atoms with Crippen LogP contribution in [0.1, 0.15) is 18.5 Å². The van der Waals surface area contributed by atoms with E-state index in [9.17, 15) is 4.79 Å². The van der Waals surface area contributed by atoms with Gasteiger partial charge in [0.15, 0.2) is 5.15 Å². The Morgan fingerprint density at radius 1 is 1.47 bits per heavy atom. The van der Waals surface area contributed by atoms with Crippen LogP contribution in [0.4, 0.5) is 0 Å². The molecule has 1 amide bonds. The molecule has 0 aromatic carbocycles. The van der Waals surface area contributed by atoms with Crippen molar-refractivity contribution in [2.24, 2.45) is 5.92 Å². The number of amides is 1. The molecule has 2 rings (SSSR count). The first kappa shape index (κ1) is 14.2. The van der Waals surface area contributed by atoms with Crippen molar-refractivity contribution in [3.8, 4) is 0 Å². The van der Waals surface area contributed by atoms with Crippen molar-refractivity contribution >= 4 is 17.5 Å². The fourth-order valence-corrected chi connectivity index (χ4v) is 2.25. The molecule has 2 unspecified atom stereocenters. The van der Waals surface area contributed by atoms with Crippen LogP contribution in [0.5, 0.6) is 0 Å². The number of aliphatic hydroxyl groups is 1. The normalized spacial score (nSPS) is 23.1. The number of piperidine rings is 1. The lowest BCUT2D eigenvalue weighted by atomic mass is 9.94. The highest BCUT2D eigenvalue weighted by Gasteiger charge is 2.25. The summed E-state index contributed by atoms with van der Waals surface area (Å²) < 4.78 is 0. The molecule has 1 saturated heterocycles. The Kier molecular flexibility index (Phi) is 5.07. The van der Waals surface area contributed by atoms with Crippen LogP contribution in [0.2, 0.25) is 5.15 Å². The summed E-state index contributed by atoms with van der Waals surface area (Å²) in [6.45, 7) is 0.986. The third-order valence-corrected chi connectivity index (χ3v) is 3.58. The Morgan fingerprint density at radius 3 is 2.89 bits per heavy atom. The number of aliphatic hydroxyl groups excluding tert-OH is 1. The lowest BCUT2D eigenvalue weighted by molar-refractivity contribution is -0.125. The van der Waals surface area contributed by atoms with E-state index in [0.29, 0.717) is 17.4 Å². The minimum Gasteiger partial charge on any atom is -0.395 e. The fourth-order valence-electron chi connectivity index (χ4n) is 2.08. The molecular weight excluding hydrogens is 268 g/mol. The molecular formula is C12H17ClN4O2. The van der Waals surface area contributed by atoms with Gasteiger partial charge >= 0.3 is 0 Å². The molecule has 1 aromatic heterocycles. The lowest BCUT2D eigenvalue weighted by Crippen LogP contribution is -2.46. The largest absolute Gasteiger partial charge is 0.395 e. The molecule has 7 heteroatoms. The van der Waals surface area contributed by atoms with E-state index in [-0.39, 0.29) is 31.0 Å². The van der Waals surface area contributed by atoms with E-state index in [1.165, 1.54) is 6.20 Å². The van der Waals surface area contributed by atoms with E-state index in [0.717, 1.165) is 12.8 Å². The van der Waals surface area contributed by atoms with Gasteiger partial charge in [-0.25, -0.2) is 4.98 Å². The van der Waals surface area contributed by atoms with E-state index in [1.807, 2.05) is 0 Å². The van der Waals surface area contributed by atoms with Crippen molar-refractivity contribution in [1.29, 1.82) is 0 Å². The highest BCUT2D eigenvalue weighted by atomic mass is 35.5. The maximum absolute atomic E-state index is 12.0. The second-order valence-corrected chi connectivity index (χ2v) is 4.93. The van der Waals surface area contributed by atoms with E-state index >= 15 is 0 Å². The molecule has 1 aliphatic heterocycles. The van der Waals surface area contributed by atoms with Crippen molar-refractivity contribution in [2.75, 3.05) is 13.2 Å². The zero-order valence-corrected chi connectivity index (χ0v) is 11.2. The summed E-state index contributed by atoms with van der Waals surface area (Å²) in [5.41, 5.74) is 0.564. The van der Waals surface area contributed by atoms with Gasteiger partial charge < -0.3 is 15.7 Å². The van der Waals surface area contributed by atoms with Crippen LogP contribution in [0, 0.1) is 5.92 Å². The number of nitrogens with zero attached hydrogens (tertiary/aromatic N) is 2. The van der Waals surface area contributed by atoms with Gasteiger partial charge in [0.05, 0.1) is 24.8 Å². The van der Waals surface area contributed by atoms with Crippen LogP contribution < -0.4 is 10.6 Å². The molecule has 0 spiro atoms. The summed E-state index contributed by atoms with van der Waals surface area (Å²) in [5.74, 6) is -0.0937. The van der Waals surface area contributed by atoms with Gasteiger partial charge in [0.25, 0.3) is 0 Å². The molecule has 2 heterocycles.